The first-order chi connectivity index (χ1) is 8.74. The zero-order chi connectivity index (χ0) is 12.5. The van der Waals surface area contributed by atoms with Crippen molar-refractivity contribution in [3.8, 4) is 0 Å². The van der Waals surface area contributed by atoms with E-state index in [2.05, 4.69) is 25.7 Å². The van der Waals surface area contributed by atoms with Crippen LogP contribution in [0, 0.1) is 6.92 Å². The molecule has 3 rings (SSSR count). The van der Waals surface area contributed by atoms with E-state index in [0.29, 0.717) is 22.4 Å². The van der Waals surface area contributed by atoms with Crippen LogP contribution in [0.1, 0.15) is 15.5 Å². The van der Waals surface area contributed by atoms with E-state index >= 15 is 0 Å². The molecule has 3 aromatic rings. The van der Waals surface area contributed by atoms with Crippen molar-refractivity contribution in [2.24, 2.45) is 0 Å². The molecule has 0 atom stereocenters. The molecule has 0 fully saturated rings. The number of rotatable bonds is 2. The number of nitrogens with zero attached hydrogens (tertiary/aromatic N) is 3. The van der Waals surface area contributed by atoms with Gasteiger partial charge < -0.3 is 5.32 Å². The summed E-state index contributed by atoms with van der Waals surface area (Å²) in [6.45, 7) is 1.86. The van der Waals surface area contributed by atoms with Crippen LogP contribution in [0.4, 0.5) is 5.69 Å². The van der Waals surface area contributed by atoms with Crippen molar-refractivity contribution in [3.05, 3.63) is 34.3 Å². The molecule has 7 heteroatoms. The minimum Gasteiger partial charge on any atom is -0.319 e. The molecule has 0 bridgehead atoms. The van der Waals surface area contributed by atoms with E-state index in [1.54, 1.807) is 11.4 Å². The molecular formula is C11H9N5OS. The Kier molecular flexibility index (Phi) is 2.52. The van der Waals surface area contributed by atoms with Crippen molar-refractivity contribution in [3.63, 3.8) is 0 Å². The van der Waals surface area contributed by atoms with Gasteiger partial charge in [-0.3, -0.25) is 4.79 Å². The van der Waals surface area contributed by atoms with Crippen LogP contribution >= 0.6 is 11.3 Å². The van der Waals surface area contributed by atoms with E-state index in [1.807, 2.05) is 19.1 Å². The molecule has 0 saturated heterocycles. The third kappa shape index (κ3) is 1.84. The van der Waals surface area contributed by atoms with Crippen molar-refractivity contribution in [1.82, 2.24) is 20.4 Å². The number of aromatic nitrogens is 4. The summed E-state index contributed by atoms with van der Waals surface area (Å²) in [4.78, 5) is 16.1. The molecule has 0 aliphatic carbocycles. The molecular weight excluding hydrogens is 250 g/mol. The Labute approximate surface area is 106 Å². The van der Waals surface area contributed by atoms with Crippen LogP contribution in [0.25, 0.3) is 11.0 Å². The van der Waals surface area contributed by atoms with Crippen molar-refractivity contribution in [2.45, 2.75) is 6.92 Å². The van der Waals surface area contributed by atoms with Crippen LogP contribution < -0.4 is 5.32 Å². The van der Waals surface area contributed by atoms with Crippen molar-refractivity contribution in [2.75, 3.05) is 5.32 Å². The zero-order valence-electron chi connectivity index (χ0n) is 9.47. The molecule has 2 aromatic heterocycles. The number of carbonyl (C=O) groups is 1. The smallest absolute Gasteiger partial charge is 0.275 e. The number of para-hydroxylation sites is 1. The maximum atomic E-state index is 12.0. The lowest BCUT2D eigenvalue weighted by Gasteiger charge is -2.02. The maximum absolute atomic E-state index is 12.0. The highest BCUT2D eigenvalue weighted by atomic mass is 32.1. The highest BCUT2D eigenvalue weighted by molar-refractivity contribution is 7.09. The number of amides is 1. The van der Waals surface area contributed by atoms with Crippen molar-refractivity contribution >= 4 is 34.0 Å². The second-order valence-electron chi connectivity index (χ2n) is 3.70. The fourth-order valence-electron chi connectivity index (χ4n) is 1.62. The number of anilines is 1. The molecule has 90 valence electrons. The van der Waals surface area contributed by atoms with Gasteiger partial charge >= 0.3 is 0 Å². The molecule has 0 aliphatic rings. The SMILES string of the molecule is Cc1nc(C(=O)Nc2cccc3n[nH]nc23)cs1. The molecule has 0 saturated carbocycles. The molecule has 2 heterocycles. The first-order valence-corrected chi connectivity index (χ1v) is 6.15. The number of fused-ring (bicyclic) bond motifs is 1. The zero-order valence-corrected chi connectivity index (χ0v) is 10.3. The summed E-state index contributed by atoms with van der Waals surface area (Å²) in [7, 11) is 0. The van der Waals surface area contributed by atoms with Gasteiger partial charge in [0, 0.05) is 5.38 Å². The topological polar surface area (TPSA) is 83.6 Å². The fourth-order valence-corrected chi connectivity index (χ4v) is 2.22. The highest BCUT2D eigenvalue weighted by Gasteiger charge is 2.12. The lowest BCUT2D eigenvalue weighted by atomic mass is 10.2. The van der Waals surface area contributed by atoms with Crippen LogP contribution in [0.2, 0.25) is 0 Å². The van der Waals surface area contributed by atoms with Crippen LogP contribution in [0.3, 0.4) is 0 Å². The summed E-state index contributed by atoms with van der Waals surface area (Å²) in [5.74, 6) is -0.241. The Hall–Kier alpha value is -2.28. The monoisotopic (exact) mass is 259 g/mol. The Morgan fingerprint density at radius 3 is 3.06 bits per heavy atom. The minimum absolute atomic E-state index is 0.241. The summed E-state index contributed by atoms with van der Waals surface area (Å²) in [5, 5.41) is 15.9. The Morgan fingerprint density at radius 1 is 1.39 bits per heavy atom. The number of aromatic amines is 1. The normalized spacial score (nSPS) is 10.7. The van der Waals surface area contributed by atoms with Gasteiger partial charge in [0.15, 0.2) is 0 Å². The van der Waals surface area contributed by atoms with Crippen molar-refractivity contribution < 1.29 is 4.79 Å². The molecule has 0 unspecified atom stereocenters. The van der Waals surface area contributed by atoms with E-state index < -0.39 is 0 Å². The van der Waals surface area contributed by atoms with Crippen LogP contribution in [-0.2, 0) is 0 Å². The van der Waals surface area contributed by atoms with E-state index in [-0.39, 0.29) is 5.91 Å². The first-order valence-electron chi connectivity index (χ1n) is 5.27. The quantitative estimate of drug-likeness (QED) is 0.737. The predicted octanol–water partition coefficient (Wildman–Crippen LogP) is 1.98. The fraction of sp³-hybridized carbons (Fsp3) is 0.0909. The molecule has 2 N–H and O–H groups in total. The van der Waals surface area contributed by atoms with E-state index in [9.17, 15) is 4.79 Å². The summed E-state index contributed by atoms with van der Waals surface area (Å²) in [5.41, 5.74) is 2.38. The third-order valence-electron chi connectivity index (χ3n) is 2.45. The minimum atomic E-state index is -0.241. The number of nitrogens with one attached hydrogen (secondary N) is 2. The van der Waals surface area contributed by atoms with Gasteiger partial charge in [0.1, 0.15) is 16.7 Å². The molecule has 0 spiro atoms. The Bertz CT molecular complexity index is 717. The summed E-state index contributed by atoms with van der Waals surface area (Å²) >= 11 is 1.44. The van der Waals surface area contributed by atoms with Gasteiger partial charge in [-0.2, -0.15) is 15.4 Å². The molecule has 18 heavy (non-hydrogen) atoms. The molecule has 6 nitrogen and oxygen atoms in total. The predicted molar refractivity (Wildman–Crippen MR) is 68.7 cm³/mol. The second-order valence-corrected chi connectivity index (χ2v) is 4.77. The average Bonchev–Trinajstić information content (AvgIpc) is 2.97. The number of aryl methyl sites for hydroxylation is 1. The maximum Gasteiger partial charge on any atom is 0.275 e. The lowest BCUT2D eigenvalue weighted by Crippen LogP contribution is -2.12. The first kappa shape index (κ1) is 10.8. The second kappa shape index (κ2) is 4.19. The Balaban J connectivity index is 1.92. The number of benzene rings is 1. The van der Waals surface area contributed by atoms with Gasteiger partial charge in [0.05, 0.1) is 10.7 Å². The third-order valence-corrected chi connectivity index (χ3v) is 3.22. The number of carbonyl (C=O) groups excluding carboxylic acids is 1. The molecule has 1 amide bonds. The van der Waals surface area contributed by atoms with E-state index in [1.165, 1.54) is 11.3 Å². The summed E-state index contributed by atoms with van der Waals surface area (Å²) in [6.07, 6.45) is 0. The van der Waals surface area contributed by atoms with Crippen LogP contribution in [0.5, 0.6) is 0 Å². The number of hydrogen-bond donors (Lipinski definition) is 2. The summed E-state index contributed by atoms with van der Waals surface area (Å²) in [6, 6.07) is 5.41. The van der Waals surface area contributed by atoms with Gasteiger partial charge in [0.2, 0.25) is 0 Å². The van der Waals surface area contributed by atoms with E-state index in [4.69, 9.17) is 0 Å². The number of thiazole rings is 1. The lowest BCUT2D eigenvalue weighted by molar-refractivity contribution is 0.102. The highest BCUT2D eigenvalue weighted by Crippen LogP contribution is 2.19. The van der Waals surface area contributed by atoms with Crippen LogP contribution in [0.15, 0.2) is 23.6 Å². The number of hydrogen-bond acceptors (Lipinski definition) is 5. The molecule has 1 aromatic carbocycles. The average molecular weight is 259 g/mol. The Morgan fingerprint density at radius 2 is 2.28 bits per heavy atom. The van der Waals surface area contributed by atoms with Gasteiger partial charge in [-0.15, -0.1) is 11.3 Å². The standard InChI is InChI=1S/C11H9N5OS/c1-6-12-9(5-18-6)11(17)13-7-3-2-4-8-10(7)15-16-14-8/h2-5H,1H3,(H,13,17)(H,14,15,16). The van der Waals surface area contributed by atoms with Gasteiger partial charge in [-0.1, -0.05) is 6.07 Å². The molecule has 0 aliphatic heterocycles. The largest absolute Gasteiger partial charge is 0.319 e. The van der Waals surface area contributed by atoms with E-state index in [0.717, 1.165) is 5.01 Å². The van der Waals surface area contributed by atoms with Gasteiger partial charge in [-0.25, -0.2) is 4.98 Å². The van der Waals surface area contributed by atoms with Crippen molar-refractivity contribution in [1.29, 1.82) is 0 Å². The summed E-state index contributed by atoms with van der Waals surface area (Å²) < 4.78 is 0. The van der Waals surface area contributed by atoms with Crippen LogP contribution in [-0.4, -0.2) is 26.3 Å². The molecule has 0 radical (unpaired) electrons. The number of H-pyrrole nitrogens is 1. The van der Waals surface area contributed by atoms with Gasteiger partial charge in [-0.05, 0) is 19.1 Å². The van der Waals surface area contributed by atoms with Gasteiger partial charge in [0.25, 0.3) is 5.91 Å².